The molecule has 0 bridgehead atoms. The smallest absolute Gasteiger partial charge is 0.0229 e. The molecule has 0 heterocycles. The van der Waals surface area contributed by atoms with Gasteiger partial charge >= 0.3 is 0 Å². The van der Waals surface area contributed by atoms with Crippen molar-refractivity contribution in [2.45, 2.75) is 72.3 Å². The third-order valence-corrected chi connectivity index (χ3v) is 4.73. The van der Waals surface area contributed by atoms with Gasteiger partial charge in [0.2, 0.25) is 0 Å². The molecule has 14 heavy (non-hydrogen) atoms. The maximum Gasteiger partial charge on any atom is 0.0229 e. The fourth-order valence-corrected chi connectivity index (χ4v) is 3.38. The van der Waals surface area contributed by atoms with E-state index in [4.69, 9.17) is 0 Å². The summed E-state index contributed by atoms with van der Waals surface area (Å²) in [5.41, 5.74) is 0.816. The molecule has 0 aromatic rings. The molecule has 1 nitrogen and oxygen atoms in total. The van der Waals surface area contributed by atoms with Gasteiger partial charge in [0, 0.05) is 5.54 Å². The van der Waals surface area contributed by atoms with E-state index in [2.05, 4.69) is 47.0 Å². The van der Waals surface area contributed by atoms with E-state index in [0.717, 1.165) is 0 Å². The van der Waals surface area contributed by atoms with E-state index in [1.54, 1.807) is 0 Å². The highest BCUT2D eigenvalue weighted by molar-refractivity contribution is 5.00. The molecule has 1 heteroatoms. The average molecular weight is 199 g/mol. The van der Waals surface area contributed by atoms with Crippen molar-refractivity contribution < 1.29 is 0 Å². The number of hydrogen-bond donors (Lipinski definition) is 1. The van der Waals surface area contributed by atoms with Crippen LogP contribution in [0.25, 0.3) is 0 Å². The first kappa shape index (κ1) is 14.0. The number of hydrogen-bond acceptors (Lipinski definition) is 1. The van der Waals surface area contributed by atoms with Crippen LogP contribution in [0.15, 0.2) is 0 Å². The van der Waals surface area contributed by atoms with Crippen LogP contribution in [-0.4, -0.2) is 12.6 Å². The van der Waals surface area contributed by atoms with Gasteiger partial charge in [-0.2, -0.15) is 0 Å². The van der Waals surface area contributed by atoms with Crippen LogP contribution in [0, 0.1) is 5.41 Å². The number of rotatable bonds is 7. The molecule has 0 unspecified atom stereocenters. The normalized spacial score (nSPS) is 13.3. The predicted molar refractivity (Wildman–Crippen MR) is 65.7 cm³/mol. The molecule has 0 aromatic heterocycles. The largest absolute Gasteiger partial charge is 0.314 e. The van der Waals surface area contributed by atoms with Crippen LogP contribution in [0.2, 0.25) is 0 Å². The van der Waals surface area contributed by atoms with E-state index >= 15 is 0 Å². The predicted octanol–water partition coefficient (Wildman–Crippen LogP) is 3.98. The summed E-state index contributed by atoms with van der Waals surface area (Å²) in [5.74, 6) is 0. The Labute approximate surface area is 90.7 Å². The maximum absolute atomic E-state index is 3.61. The molecule has 0 spiro atoms. The second-order valence-electron chi connectivity index (χ2n) is 4.38. The first-order valence-corrected chi connectivity index (χ1v) is 6.30. The lowest BCUT2D eigenvalue weighted by molar-refractivity contribution is 0.0614. The van der Waals surface area contributed by atoms with E-state index < -0.39 is 0 Å². The van der Waals surface area contributed by atoms with Crippen LogP contribution >= 0.6 is 0 Å². The minimum atomic E-state index is 0.339. The van der Waals surface area contributed by atoms with Crippen LogP contribution in [0.5, 0.6) is 0 Å². The van der Waals surface area contributed by atoms with Gasteiger partial charge in [0.15, 0.2) is 0 Å². The molecule has 0 aliphatic carbocycles. The highest BCUT2D eigenvalue weighted by Gasteiger charge is 2.43. The second kappa shape index (κ2) is 5.75. The molecule has 0 saturated heterocycles. The molecular weight excluding hydrogens is 170 g/mol. The van der Waals surface area contributed by atoms with Gasteiger partial charge in [-0.05, 0) is 44.6 Å². The minimum Gasteiger partial charge on any atom is -0.314 e. The van der Waals surface area contributed by atoms with E-state index in [9.17, 15) is 0 Å². The molecule has 0 rings (SSSR count). The Balaban J connectivity index is 5.08. The van der Waals surface area contributed by atoms with Gasteiger partial charge in [-0.25, -0.2) is 0 Å². The molecule has 86 valence electrons. The van der Waals surface area contributed by atoms with Crippen molar-refractivity contribution in [2.24, 2.45) is 5.41 Å². The summed E-state index contributed by atoms with van der Waals surface area (Å²) in [4.78, 5) is 0. The Kier molecular flexibility index (Phi) is 5.73. The summed E-state index contributed by atoms with van der Waals surface area (Å²) < 4.78 is 0. The zero-order chi connectivity index (χ0) is 11.2. The Morgan fingerprint density at radius 3 is 1.14 bits per heavy atom. The van der Waals surface area contributed by atoms with Crippen molar-refractivity contribution in [2.75, 3.05) is 7.05 Å². The van der Waals surface area contributed by atoms with Gasteiger partial charge in [-0.3, -0.25) is 0 Å². The van der Waals surface area contributed by atoms with Crippen LogP contribution < -0.4 is 5.32 Å². The minimum absolute atomic E-state index is 0.339. The van der Waals surface area contributed by atoms with E-state index in [-0.39, 0.29) is 0 Å². The summed E-state index contributed by atoms with van der Waals surface area (Å²) in [5, 5.41) is 3.61. The van der Waals surface area contributed by atoms with Crippen molar-refractivity contribution in [3.05, 3.63) is 0 Å². The van der Waals surface area contributed by atoms with Crippen molar-refractivity contribution in [1.29, 1.82) is 0 Å². The summed E-state index contributed by atoms with van der Waals surface area (Å²) in [6.07, 6.45) is 6.30. The Bertz CT molecular complexity index is 109. The topological polar surface area (TPSA) is 12.0 Å². The number of nitrogens with one attached hydrogen (secondary N) is 1. The molecule has 0 atom stereocenters. The first-order valence-electron chi connectivity index (χ1n) is 6.30. The fourth-order valence-electron chi connectivity index (χ4n) is 3.38. The molecule has 0 fully saturated rings. The van der Waals surface area contributed by atoms with Gasteiger partial charge < -0.3 is 5.32 Å². The summed E-state index contributed by atoms with van der Waals surface area (Å²) in [6, 6.07) is 0. The van der Waals surface area contributed by atoms with Crippen LogP contribution in [0.3, 0.4) is 0 Å². The summed E-state index contributed by atoms with van der Waals surface area (Å²) in [6.45, 7) is 11.6. The van der Waals surface area contributed by atoms with Crippen molar-refractivity contribution in [3.8, 4) is 0 Å². The molecule has 0 aromatic carbocycles. The molecule has 1 N–H and O–H groups in total. The molecule has 0 amide bonds. The van der Waals surface area contributed by atoms with Gasteiger partial charge in [-0.1, -0.05) is 34.6 Å². The van der Waals surface area contributed by atoms with Crippen LogP contribution in [0.4, 0.5) is 0 Å². The highest BCUT2D eigenvalue weighted by Crippen LogP contribution is 2.45. The SMILES string of the molecule is CCC(CC)(CC)C(CC)(CC)NC. The lowest BCUT2D eigenvalue weighted by Gasteiger charge is -2.50. The first-order chi connectivity index (χ1) is 6.61. The zero-order valence-electron chi connectivity index (χ0n) is 11.0. The van der Waals surface area contributed by atoms with Crippen LogP contribution in [-0.2, 0) is 0 Å². The van der Waals surface area contributed by atoms with Gasteiger partial charge in [-0.15, -0.1) is 0 Å². The monoisotopic (exact) mass is 199 g/mol. The highest BCUT2D eigenvalue weighted by atomic mass is 15.0. The van der Waals surface area contributed by atoms with E-state index in [0.29, 0.717) is 11.0 Å². The molecule has 0 aliphatic rings. The van der Waals surface area contributed by atoms with Gasteiger partial charge in [0.1, 0.15) is 0 Å². The molecular formula is C13H29N. The molecule has 0 radical (unpaired) electrons. The quantitative estimate of drug-likeness (QED) is 0.654. The third-order valence-electron chi connectivity index (χ3n) is 4.73. The lowest BCUT2D eigenvalue weighted by Crippen LogP contribution is -2.55. The Morgan fingerprint density at radius 1 is 0.714 bits per heavy atom. The third kappa shape index (κ3) is 1.98. The summed E-state index contributed by atoms with van der Waals surface area (Å²) in [7, 11) is 2.13. The van der Waals surface area contributed by atoms with Crippen molar-refractivity contribution in [3.63, 3.8) is 0 Å². The van der Waals surface area contributed by atoms with E-state index in [1.165, 1.54) is 32.1 Å². The molecule has 0 saturated carbocycles. The maximum atomic E-state index is 3.61. The van der Waals surface area contributed by atoms with Gasteiger partial charge in [0.05, 0.1) is 0 Å². The van der Waals surface area contributed by atoms with Crippen molar-refractivity contribution in [1.82, 2.24) is 5.32 Å². The average Bonchev–Trinajstić information content (AvgIpc) is 2.27. The Morgan fingerprint density at radius 2 is 1.07 bits per heavy atom. The zero-order valence-corrected chi connectivity index (χ0v) is 11.0. The van der Waals surface area contributed by atoms with Crippen LogP contribution in [0.1, 0.15) is 66.7 Å². The standard InChI is InChI=1S/C13H29N/c1-7-12(8-2,9-3)13(10-4,11-5)14-6/h14H,7-11H2,1-6H3. The molecule has 0 aliphatic heterocycles. The van der Waals surface area contributed by atoms with E-state index in [1.807, 2.05) is 0 Å². The van der Waals surface area contributed by atoms with Gasteiger partial charge in [0.25, 0.3) is 0 Å². The Hall–Kier alpha value is -0.0400. The fraction of sp³-hybridized carbons (Fsp3) is 1.00. The second-order valence-corrected chi connectivity index (χ2v) is 4.38. The summed E-state index contributed by atoms with van der Waals surface area (Å²) >= 11 is 0. The van der Waals surface area contributed by atoms with Crippen molar-refractivity contribution >= 4 is 0 Å². The lowest BCUT2D eigenvalue weighted by atomic mass is 9.62.